The van der Waals surface area contributed by atoms with Crippen LogP contribution in [0.15, 0.2) is 49.3 Å². The molecule has 0 radical (unpaired) electrons. The van der Waals surface area contributed by atoms with Crippen LogP contribution in [0.25, 0.3) is 0 Å². The van der Waals surface area contributed by atoms with Crippen LogP contribution in [0, 0.1) is 6.92 Å². The van der Waals surface area contributed by atoms with Crippen molar-refractivity contribution in [2.24, 2.45) is 0 Å². The maximum atomic E-state index is 12.8. The van der Waals surface area contributed by atoms with Crippen LogP contribution in [0.4, 0.5) is 0 Å². The third kappa shape index (κ3) is 3.92. The maximum absolute atomic E-state index is 12.8. The molecule has 140 valence electrons. The van der Waals surface area contributed by atoms with Crippen molar-refractivity contribution >= 4 is 5.91 Å². The number of imidazole rings is 2. The zero-order chi connectivity index (χ0) is 18.6. The van der Waals surface area contributed by atoms with Gasteiger partial charge in [-0.15, -0.1) is 0 Å². The van der Waals surface area contributed by atoms with E-state index in [9.17, 15) is 4.79 Å². The van der Waals surface area contributed by atoms with Gasteiger partial charge in [-0.05, 0) is 37.5 Å². The second-order valence-corrected chi connectivity index (χ2v) is 7.05. The van der Waals surface area contributed by atoms with Crippen molar-refractivity contribution < 1.29 is 4.79 Å². The highest BCUT2D eigenvalue weighted by Crippen LogP contribution is 2.26. The van der Waals surface area contributed by atoms with Gasteiger partial charge in [0.15, 0.2) is 0 Å². The molecule has 0 bridgehead atoms. The number of carbonyl (C=O) groups is 1. The first-order chi connectivity index (χ1) is 13.2. The number of carbonyl (C=O) groups excluding carboxylic acids is 1. The van der Waals surface area contributed by atoms with Gasteiger partial charge in [0.1, 0.15) is 18.2 Å². The monoisotopic (exact) mass is 364 g/mol. The van der Waals surface area contributed by atoms with Crippen molar-refractivity contribution in [1.29, 1.82) is 0 Å². The van der Waals surface area contributed by atoms with Gasteiger partial charge < -0.3 is 14.0 Å². The van der Waals surface area contributed by atoms with Crippen LogP contribution in [0.1, 0.15) is 36.0 Å². The largest absolute Gasteiger partial charge is 0.340 e. The van der Waals surface area contributed by atoms with E-state index in [-0.39, 0.29) is 11.8 Å². The van der Waals surface area contributed by atoms with Crippen LogP contribution in [0.2, 0.25) is 0 Å². The molecule has 0 unspecified atom stereocenters. The van der Waals surface area contributed by atoms with Crippen molar-refractivity contribution in [3.05, 3.63) is 66.5 Å². The number of piperidine rings is 1. The van der Waals surface area contributed by atoms with E-state index in [2.05, 4.69) is 19.5 Å². The van der Waals surface area contributed by atoms with Crippen LogP contribution in [0.5, 0.6) is 0 Å². The first kappa shape index (κ1) is 17.5. The fourth-order valence-corrected chi connectivity index (χ4v) is 3.73. The van der Waals surface area contributed by atoms with Gasteiger partial charge in [0.05, 0.1) is 0 Å². The van der Waals surface area contributed by atoms with E-state index in [1.54, 1.807) is 6.20 Å². The Bertz CT molecular complexity index is 900. The normalized spacial score (nSPS) is 17.2. The summed E-state index contributed by atoms with van der Waals surface area (Å²) in [6, 6.07) is 4.04. The Hall–Kier alpha value is -2.96. The van der Waals surface area contributed by atoms with Crippen LogP contribution < -0.4 is 0 Å². The van der Waals surface area contributed by atoms with E-state index < -0.39 is 0 Å². The molecule has 0 aliphatic carbocycles. The summed E-state index contributed by atoms with van der Waals surface area (Å²) in [5.74, 6) is 2.34. The molecule has 4 rings (SSSR count). The lowest BCUT2D eigenvalue weighted by molar-refractivity contribution is -0.133. The molecular formula is C20H24N6O. The van der Waals surface area contributed by atoms with E-state index in [0.29, 0.717) is 6.54 Å². The average Bonchev–Trinajstić information content (AvgIpc) is 3.32. The zero-order valence-electron chi connectivity index (χ0n) is 15.5. The second-order valence-electron chi connectivity index (χ2n) is 7.05. The number of pyridine rings is 1. The van der Waals surface area contributed by atoms with Crippen molar-refractivity contribution in [3.8, 4) is 0 Å². The number of hydrogen-bond donors (Lipinski definition) is 0. The summed E-state index contributed by atoms with van der Waals surface area (Å²) in [5, 5.41) is 0. The highest BCUT2D eigenvalue weighted by Gasteiger charge is 2.27. The molecule has 0 saturated carbocycles. The van der Waals surface area contributed by atoms with Gasteiger partial charge in [-0.25, -0.2) is 9.97 Å². The van der Waals surface area contributed by atoms with E-state index in [1.807, 2.05) is 59.5 Å². The molecule has 3 aromatic rings. The van der Waals surface area contributed by atoms with Crippen molar-refractivity contribution in [3.63, 3.8) is 0 Å². The van der Waals surface area contributed by atoms with Crippen LogP contribution in [0.3, 0.4) is 0 Å². The quantitative estimate of drug-likeness (QED) is 0.696. The summed E-state index contributed by atoms with van der Waals surface area (Å²) in [6.07, 6.45) is 13.1. The minimum Gasteiger partial charge on any atom is -0.340 e. The molecule has 1 saturated heterocycles. The molecule has 0 aromatic carbocycles. The summed E-state index contributed by atoms with van der Waals surface area (Å²) in [4.78, 5) is 27.6. The van der Waals surface area contributed by atoms with Crippen LogP contribution in [-0.4, -0.2) is 48.0 Å². The predicted molar refractivity (Wildman–Crippen MR) is 101 cm³/mol. The second kappa shape index (κ2) is 7.73. The van der Waals surface area contributed by atoms with Crippen LogP contribution in [-0.2, 0) is 17.9 Å². The van der Waals surface area contributed by atoms with Gasteiger partial charge >= 0.3 is 0 Å². The number of amides is 1. The Morgan fingerprint density at radius 3 is 2.67 bits per heavy atom. The fourth-order valence-electron chi connectivity index (χ4n) is 3.73. The Labute approximate surface area is 158 Å². The van der Waals surface area contributed by atoms with Gasteiger partial charge in [-0.3, -0.25) is 9.78 Å². The van der Waals surface area contributed by atoms with Gasteiger partial charge in [-0.1, -0.05) is 0 Å². The molecule has 27 heavy (non-hydrogen) atoms. The number of hydrogen-bond acceptors (Lipinski definition) is 4. The fraction of sp³-hybridized carbons (Fsp3) is 0.400. The summed E-state index contributed by atoms with van der Waals surface area (Å²) in [7, 11) is 0. The van der Waals surface area contributed by atoms with E-state index in [4.69, 9.17) is 0 Å². The Morgan fingerprint density at radius 2 is 1.89 bits per heavy atom. The number of aryl methyl sites for hydroxylation is 1. The molecule has 1 aliphatic heterocycles. The third-order valence-corrected chi connectivity index (χ3v) is 5.22. The molecule has 0 N–H and O–H groups in total. The minimum absolute atomic E-state index is 0.146. The van der Waals surface area contributed by atoms with E-state index >= 15 is 0 Å². The van der Waals surface area contributed by atoms with Crippen LogP contribution >= 0.6 is 0 Å². The molecule has 7 heteroatoms. The standard InChI is InChI=1S/C20H24N6O/c1-16-22-8-11-24(16)15-19(27)25-10-2-3-18(14-25)20-23-9-12-26(20)13-17-4-6-21-7-5-17/h4-9,11-12,18H,2-3,10,13-15H2,1H3/t18-/m1/s1. The highest BCUT2D eigenvalue weighted by atomic mass is 16.2. The zero-order valence-corrected chi connectivity index (χ0v) is 15.5. The molecule has 1 atom stereocenters. The summed E-state index contributed by atoms with van der Waals surface area (Å²) in [5.41, 5.74) is 1.20. The Kier molecular flexibility index (Phi) is 5.00. The highest BCUT2D eigenvalue weighted by molar-refractivity contribution is 5.76. The number of rotatable bonds is 5. The molecule has 1 fully saturated rings. The summed E-state index contributed by atoms with van der Waals surface area (Å²) >= 11 is 0. The molecule has 3 aromatic heterocycles. The third-order valence-electron chi connectivity index (χ3n) is 5.22. The first-order valence-electron chi connectivity index (χ1n) is 9.36. The van der Waals surface area contributed by atoms with E-state index in [0.717, 1.165) is 44.1 Å². The van der Waals surface area contributed by atoms with E-state index in [1.165, 1.54) is 5.56 Å². The smallest absolute Gasteiger partial charge is 0.242 e. The molecule has 1 amide bonds. The summed E-state index contributed by atoms with van der Waals surface area (Å²) < 4.78 is 4.09. The Morgan fingerprint density at radius 1 is 1.11 bits per heavy atom. The minimum atomic E-state index is 0.146. The molecule has 7 nitrogen and oxygen atoms in total. The predicted octanol–water partition coefficient (Wildman–Crippen LogP) is 2.24. The lowest BCUT2D eigenvalue weighted by atomic mass is 9.97. The average molecular weight is 364 g/mol. The number of likely N-dealkylation sites (tertiary alicyclic amines) is 1. The van der Waals surface area contributed by atoms with Gasteiger partial charge in [-0.2, -0.15) is 0 Å². The molecule has 1 aliphatic rings. The molecule has 4 heterocycles. The van der Waals surface area contributed by atoms with Crippen molar-refractivity contribution in [2.75, 3.05) is 13.1 Å². The lowest BCUT2D eigenvalue weighted by Gasteiger charge is -2.33. The Balaban J connectivity index is 1.45. The lowest BCUT2D eigenvalue weighted by Crippen LogP contribution is -2.41. The number of aromatic nitrogens is 5. The van der Waals surface area contributed by atoms with Gasteiger partial charge in [0.25, 0.3) is 0 Å². The molecular weight excluding hydrogens is 340 g/mol. The van der Waals surface area contributed by atoms with Gasteiger partial charge in [0, 0.05) is 62.7 Å². The van der Waals surface area contributed by atoms with Crippen molar-refractivity contribution in [1.82, 2.24) is 29.0 Å². The number of nitrogens with zero attached hydrogens (tertiary/aromatic N) is 6. The van der Waals surface area contributed by atoms with Gasteiger partial charge in [0.2, 0.25) is 5.91 Å². The summed E-state index contributed by atoms with van der Waals surface area (Å²) in [6.45, 7) is 4.58. The van der Waals surface area contributed by atoms with Crippen molar-refractivity contribution in [2.45, 2.75) is 38.8 Å². The first-order valence-corrected chi connectivity index (χ1v) is 9.36. The topological polar surface area (TPSA) is 68.8 Å². The SMILES string of the molecule is Cc1nccn1CC(=O)N1CCC[C@@H](c2nccn2Cc2ccncc2)C1. The maximum Gasteiger partial charge on any atom is 0.242 e. The molecule has 0 spiro atoms.